The van der Waals surface area contributed by atoms with Crippen molar-refractivity contribution in [1.29, 1.82) is 0 Å². The number of anilines is 1. The molecule has 0 saturated carbocycles. The van der Waals surface area contributed by atoms with E-state index in [0.29, 0.717) is 22.8 Å². The van der Waals surface area contributed by atoms with Gasteiger partial charge in [0.05, 0.1) is 0 Å². The van der Waals surface area contributed by atoms with Crippen molar-refractivity contribution in [2.24, 2.45) is 5.73 Å². The molecule has 6 nitrogen and oxygen atoms in total. The average molecular weight is 338 g/mol. The van der Waals surface area contributed by atoms with Crippen LogP contribution in [-0.4, -0.2) is 16.0 Å². The van der Waals surface area contributed by atoms with Crippen LogP contribution in [0.3, 0.4) is 0 Å². The van der Waals surface area contributed by atoms with Gasteiger partial charge < -0.3 is 15.8 Å². The number of aromatic nitrogens is 2. The van der Waals surface area contributed by atoms with Crippen molar-refractivity contribution < 1.29 is 13.9 Å². The Morgan fingerprint density at radius 2 is 1.88 bits per heavy atom. The predicted octanol–water partition coefficient (Wildman–Crippen LogP) is 3.35. The zero-order valence-electron chi connectivity index (χ0n) is 13.1. The lowest BCUT2D eigenvalue weighted by atomic mass is 10.1. The normalized spacial score (nSPS) is 10.3. The third-order valence-corrected chi connectivity index (χ3v) is 3.36. The molecule has 0 bridgehead atoms. The Kier molecular flexibility index (Phi) is 4.84. The number of amides is 2. The second kappa shape index (κ2) is 7.39. The van der Waals surface area contributed by atoms with Crippen LogP contribution in [0.25, 0.3) is 11.3 Å². The molecule has 0 saturated heterocycles. The van der Waals surface area contributed by atoms with Crippen LogP contribution < -0.4 is 15.8 Å². The summed E-state index contributed by atoms with van der Waals surface area (Å²) in [6.45, 7) is 0.171. The summed E-state index contributed by atoms with van der Waals surface area (Å²) in [6.07, 6.45) is 3.08. The fraction of sp³-hybridized carbons (Fsp3) is 0.0556. The minimum atomic E-state index is -0.633. The molecule has 0 aliphatic rings. The number of halogens is 1. The number of rotatable bonds is 5. The van der Waals surface area contributed by atoms with E-state index in [2.05, 4.69) is 15.3 Å². The minimum absolute atomic E-state index is 0.171. The molecule has 0 unspecified atom stereocenters. The lowest BCUT2D eigenvalue weighted by Crippen LogP contribution is -2.19. The van der Waals surface area contributed by atoms with Gasteiger partial charge in [0.15, 0.2) is 0 Å². The maximum Gasteiger partial charge on any atom is 0.316 e. The molecule has 126 valence electrons. The van der Waals surface area contributed by atoms with E-state index in [1.54, 1.807) is 42.6 Å². The van der Waals surface area contributed by atoms with Crippen molar-refractivity contribution in [3.8, 4) is 17.1 Å². The van der Waals surface area contributed by atoms with Crippen LogP contribution in [0.15, 0.2) is 60.9 Å². The molecule has 2 aromatic carbocycles. The van der Waals surface area contributed by atoms with Gasteiger partial charge in [-0.3, -0.25) is 0 Å². The first kappa shape index (κ1) is 16.4. The predicted molar refractivity (Wildman–Crippen MR) is 91.4 cm³/mol. The highest BCUT2D eigenvalue weighted by Gasteiger charge is 2.10. The molecule has 0 aliphatic carbocycles. The van der Waals surface area contributed by atoms with Crippen LogP contribution in [0.1, 0.15) is 5.56 Å². The van der Waals surface area contributed by atoms with E-state index < -0.39 is 6.03 Å². The summed E-state index contributed by atoms with van der Waals surface area (Å²) >= 11 is 0. The quantitative estimate of drug-likeness (QED) is 0.746. The molecule has 0 fully saturated rings. The van der Waals surface area contributed by atoms with E-state index in [4.69, 9.17) is 10.5 Å². The minimum Gasteiger partial charge on any atom is -0.471 e. The highest BCUT2D eigenvalue weighted by atomic mass is 19.1. The number of hydrogen-bond donors (Lipinski definition) is 2. The fourth-order valence-electron chi connectivity index (χ4n) is 2.26. The summed E-state index contributed by atoms with van der Waals surface area (Å²) in [5, 5.41) is 2.49. The van der Waals surface area contributed by atoms with Gasteiger partial charge in [-0.1, -0.05) is 24.3 Å². The number of benzene rings is 2. The van der Waals surface area contributed by atoms with E-state index in [-0.39, 0.29) is 12.4 Å². The summed E-state index contributed by atoms with van der Waals surface area (Å²) < 4.78 is 18.9. The number of primary amides is 1. The Bertz CT molecular complexity index is 884. The molecule has 0 aliphatic heterocycles. The molecule has 2 amide bonds. The van der Waals surface area contributed by atoms with Gasteiger partial charge in [-0.25, -0.2) is 19.2 Å². The molecule has 3 rings (SSSR count). The first-order valence-electron chi connectivity index (χ1n) is 7.47. The molecule has 3 N–H and O–H groups in total. The Hall–Kier alpha value is -3.48. The van der Waals surface area contributed by atoms with Crippen molar-refractivity contribution in [1.82, 2.24) is 9.97 Å². The Morgan fingerprint density at radius 3 is 2.60 bits per heavy atom. The number of nitrogens with two attached hydrogens (primary N) is 1. The zero-order valence-corrected chi connectivity index (χ0v) is 13.1. The number of carbonyl (C=O) groups excluding carboxylic acids is 1. The van der Waals surface area contributed by atoms with Crippen molar-refractivity contribution in [3.63, 3.8) is 0 Å². The van der Waals surface area contributed by atoms with E-state index in [0.717, 1.165) is 5.56 Å². The Balaban J connectivity index is 1.79. The van der Waals surface area contributed by atoms with Gasteiger partial charge >= 0.3 is 6.03 Å². The topological polar surface area (TPSA) is 90.1 Å². The van der Waals surface area contributed by atoms with Gasteiger partial charge in [-0.2, -0.15) is 0 Å². The largest absolute Gasteiger partial charge is 0.471 e. The van der Waals surface area contributed by atoms with Crippen molar-refractivity contribution in [2.45, 2.75) is 6.61 Å². The SMILES string of the molecule is NC(=O)Nc1ccc(-c2nccnc2OCc2cccc(F)c2)cc1. The number of urea groups is 1. The van der Waals surface area contributed by atoms with E-state index in [9.17, 15) is 9.18 Å². The van der Waals surface area contributed by atoms with Crippen LogP contribution in [0.5, 0.6) is 5.88 Å². The number of ether oxygens (including phenoxy) is 1. The Morgan fingerprint density at radius 1 is 1.12 bits per heavy atom. The molecule has 3 aromatic rings. The molecule has 0 spiro atoms. The van der Waals surface area contributed by atoms with Crippen molar-refractivity contribution in [3.05, 3.63) is 72.3 Å². The smallest absolute Gasteiger partial charge is 0.316 e. The molecular weight excluding hydrogens is 323 g/mol. The molecule has 0 atom stereocenters. The van der Waals surface area contributed by atoms with E-state index >= 15 is 0 Å². The van der Waals surface area contributed by atoms with Gasteiger partial charge in [-0.05, 0) is 29.8 Å². The van der Waals surface area contributed by atoms with Gasteiger partial charge in [0, 0.05) is 23.6 Å². The third kappa shape index (κ3) is 4.29. The maximum absolute atomic E-state index is 13.2. The van der Waals surface area contributed by atoms with Crippen LogP contribution in [-0.2, 0) is 6.61 Å². The van der Waals surface area contributed by atoms with Gasteiger partial charge in [0.1, 0.15) is 18.1 Å². The summed E-state index contributed by atoms with van der Waals surface area (Å²) in [6, 6.07) is 12.5. The lowest BCUT2D eigenvalue weighted by molar-refractivity contribution is 0.259. The number of nitrogens with one attached hydrogen (secondary N) is 1. The molecule has 7 heteroatoms. The first-order valence-corrected chi connectivity index (χ1v) is 7.47. The zero-order chi connectivity index (χ0) is 17.6. The van der Waals surface area contributed by atoms with Crippen molar-refractivity contribution >= 4 is 11.7 Å². The third-order valence-electron chi connectivity index (χ3n) is 3.36. The number of nitrogens with zero attached hydrogens (tertiary/aromatic N) is 2. The number of carbonyl (C=O) groups is 1. The van der Waals surface area contributed by atoms with Gasteiger partial charge in [0.2, 0.25) is 5.88 Å². The highest BCUT2D eigenvalue weighted by Crippen LogP contribution is 2.27. The highest BCUT2D eigenvalue weighted by molar-refractivity contribution is 5.88. The summed E-state index contributed by atoms with van der Waals surface area (Å²) in [5.74, 6) is 0.0142. The van der Waals surface area contributed by atoms with E-state index in [1.165, 1.54) is 18.3 Å². The first-order chi connectivity index (χ1) is 12.1. The summed E-state index contributed by atoms with van der Waals surface area (Å²) in [7, 11) is 0. The monoisotopic (exact) mass is 338 g/mol. The molecular formula is C18H15FN4O2. The average Bonchev–Trinajstić information content (AvgIpc) is 2.61. The fourth-order valence-corrected chi connectivity index (χ4v) is 2.26. The maximum atomic E-state index is 13.2. The van der Waals surface area contributed by atoms with E-state index in [1.807, 2.05) is 0 Å². The van der Waals surface area contributed by atoms with Crippen LogP contribution in [0.2, 0.25) is 0 Å². The van der Waals surface area contributed by atoms with Crippen LogP contribution >= 0.6 is 0 Å². The molecule has 1 aromatic heterocycles. The molecule has 0 radical (unpaired) electrons. The van der Waals surface area contributed by atoms with Crippen molar-refractivity contribution in [2.75, 3.05) is 5.32 Å². The molecule has 1 heterocycles. The lowest BCUT2D eigenvalue weighted by Gasteiger charge is -2.10. The van der Waals surface area contributed by atoms with Gasteiger partial charge in [-0.15, -0.1) is 0 Å². The van der Waals surface area contributed by atoms with Gasteiger partial charge in [0.25, 0.3) is 0 Å². The Labute approximate surface area is 143 Å². The summed E-state index contributed by atoms with van der Waals surface area (Å²) in [5.41, 5.74) is 7.66. The van der Waals surface area contributed by atoms with Crippen LogP contribution in [0.4, 0.5) is 14.9 Å². The van der Waals surface area contributed by atoms with Crippen LogP contribution in [0, 0.1) is 5.82 Å². The second-order valence-electron chi connectivity index (χ2n) is 5.20. The molecule has 25 heavy (non-hydrogen) atoms. The summed E-state index contributed by atoms with van der Waals surface area (Å²) in [4.78, 5) is 19.4. The standard InChI is InChI=1S/C18H15FN4O2/c19-14-3-1-2-12(10-14)11-25-17-16(21-8-9-22-17)13-4-6-15(7-5-13)23-18(20)24/h1-10H,11H2,(H3,20,23,24). The second-order valence-corrected chi connectivity index (χ2v) is 5.20. The number of hydrogen-bond acceptors (Lipinski definition) is 4.